The number of hydrogen-bond acceptors (Lipinski definition) is 5. The van der Waals surface area contributed by atoms with Crippen molar-refractivity contribution in [2.24, 2.45) is 17.6 Å². The van der Waals surface area contributed by atoms with Gasteiger partial charge in [0.2, 0.25) is 0 Å². The fourth-order valence-corrected chi connectivity index (χ4v) is 4.02. The van der Waals surface area contributed by atoms with Crippen molar-refractivity contribution in [3.05, 3.63) is 38.8 Å². The van der Waals surface area contributed by atoms with Gasteiger partial charge in [-0.25, -0.2) is 9.18 Å². The summed E-state index contributed by atoms with van der Waals surface area (Å²) in [6.45, 7) is 1.39. The number of halogens is 1. The van der Waals surface area contributed by atoms with Gasteiger partial charge in [0.05, 0.1) is 16.6 Å². The number of anilines is 1. The molecule has 2 aromatic rings. The Balaban J connectivity index is 1.72. The first-order chi connectivity index (χ1) is 11.5. The van der Waals surface area contributed by atoms with Crippen molar-refractivity contribution in [1.29, 1.82) is 0 Å². The molecule has 0 radical (unpaired) electrons. The third kappa shape index (κ3) is 1.74. The van der Waals surface area contributed by atoms with Crippen LogP contribution in [0.5, 0.6) is 0 Å². The van der Waals surface area contributed by atoms with Gasteiger partial charge < -0.3 is 15.8 Å². The molecule has 0 bridgehead atoms. The molecule has 3 aliphatic rings. The van der Waals surface area contributed by atoms with E-state index < -0.39 is 17.1 Å². The number of aromatic nitrogens is 2. The lowest BCUT2D eigenvalue weighted by Gasteiger charge is -2.23. The monoisotopic (exact) mass is 332 g/mol. The second-order valence-corrected chi connectivity index (χ2v) is 7.13. The molecule has 2 unspecified atom stereocenters. The van der Waals surface area contributed by atoms with Gasteiger partial charge in [0.1, 0.15) is 5.82 Å². The lowest BCUT2D eigenvalue weighted by molar-refractivity contribution is 0.157. The van der Waals surface area contributed by atoms with Gasteiger partial charge in [0, 0.05) is 25.2 Å². The van der Waals surface area contributed by atoms with Crippen LogP contribution in [0.3, 0.4) is 0 Å². The topological polar surface area (TPSA) is 93.5 Å². The van der Waals surface area contributed by atoms with E-state index >= 15 is 0 Å². The molecule has 3 fully saturated rings. The number of piperidine rings is 1. The molecule has 126 valence electrons. The lowest BCUT2D eigenvalue weighted by Crippen LogP contribution is -2.38. The minimum Gasteiger partial charge on any atom is -0.421 e. The molecule has 2 heterocycles. The van der Waals surface area contributed by atoms with Crippen molar-refractivity contribution >= 4 is 16.6 Å². The minimum atomic E-state index is -0.886. The van der Waals surface area contributed by atoms with Crippen LogP contribution in [0.4, 0.5) is 10.1 Å². The Labute approximate surface area is 135 Å². The predicted octanol–water partition coefficient (Wildman–Crippen LogP) is 0.268. The molecule has 1 aliphatic heterocycles. The van der Waals surface area contributed by atoms with E-state index in [1.165, 1.54) is 4.57 Å². The maximum atomic E-state index is 14.6. The zero-order chi connectivity index (χ0) is 16.7. The van der Waals surface area contributed by atoms with Crippen LogP contribution in [-0.2, 0) is 0 Å². The van der Waals surface area contributed by atoms with Gasteiger partial charge in [-0.1, -0.05) is 4.73 Å². The molecule has 3 atom stereocenters. The van der Waals surface area contributed by atoms with Crippen LogP contribution < -0.4 is 21.9 Å². The molecule has 2 saturated carbocycles. The second-order valence-electron chi connectivity index (χ2n) is 7.13. The molecule has 1 aromatic carbocycles. The van der Waals surface area contributed by atoms with Crippen LogP contribution in [-0.4, -0.2) is 33.6 Å². The highest BCUT2D eigenvalue weighted by atomic mass is 19.1. The van der Waals surface area contributed by atoms with E-state index in [1.807, 2.05) is 4.90 Å². The van der Waals surface area contributed by atoms with Crippen LogP contribution >= 0.6 is 0 Å². The highest BCUT2D eigenvalue weighted by Crippen LogP contribution is 2.46. The Morgan fingerprint density at radius 1 is 1.17 bits per heavy atom. The molecule has 3 N–H and O–H groups in total. The van der Waals surface area contributed by atoms with E-state index in [2.05, 4.69) is 0 Å². The quantitative estimate of drug-likeness (QED) is 0.770. The van der Waals surface area contributed by atoms with Gasteiger partial charge in [0.25, 0.3) is 5.56 Å². The lowest BCUT2D eigenvalue weighted by atomic mass is 10.2. The SMILES string of the molecule is NC1C2CN(c3cc4c(cc3F)c(=O)n(O)c(=O)n4C3CC3)C[C@@H]12. The fraction of sp³-hybridized carbons (Fsp3) is 0.500. The van der Waals surface area contributed by atoms with Crippen LogP contribution in [0.25, 0.3) is 10.9 Å². The normalized spacial score (nSPS) is 28.4. The zero-order valence-corrected chi connectivity index (χ0v) is 12.9. The van der Waals surface area contributed by atoms with Crippen LogP contribution in [0.15, 0.2) is 21.7 Å². The standard InChI is InChI=1S/C16H17FN4O3/c17-11-3-8-12(4-13(11)19-5-9-10(6-19)14(9)18)20(7-1-2-7)16(23)21(24)15(8)22/h3-4,7,9-10,14,24H,1-2,5-6,18H2/t9-,10?,14?/m1/s1. The number of rotatable bonds is 2. The molecule has 1 saturated heterocycles. The zero-order valence-electron chi connectivity index (χ0n) is 12.9. The Bertz CT molecular complexity index is 981. The number of hydrogen-bond donors (Lipinski definition) is 2. The van der Waals surface area contributed by atoms with Crippen molar-refractivity contribution in [2.45, 2.75) is 24.9 Å². The molecule has 5 rings (SSSR count). The third-order valence-electron chi connectivity index (χ3n) is 5.65. The van der Waals surface area contributed by atoms with Gasteiger partial charge in [-0.05, 0) is 36.8 Å². The number of benzene rings is 1. The molecule has 0 amide bonds. The van der Waals surface area contributed by atoms with Gasteiger partial charge in [-0.3, -0.25) is 9.36 Å². The molecule has 24 heavy (non-hydrogen) atoms. The average Bonchev–Trinajstić information content (AvgIpc) is 3.44. The summed E-state index contributed by atoms with van der Waals surface area (Å²) >= 11 is 0. The summed E-state index contributed by atoms with van der Waals surface area (Å²) in [5, 5.41) is 9.75. The molecule has 1 aromatic heterocycles. The van der Waals surface area contributed by atoms with Crippen molar-refractivity contribution in [2.75, 3.05) is 18.0 Å². The number of nitrogens with zero attached hydrogens (tertiary/aromatic N) is 3. The molecular formula is C16H17FN4O3. The van der Waals surface area contributed by atoms with Crippen molar-refractivity contribution in [1.82, 2.24) is 9.30 Å². The van der Waals surface area contributed by atoms with E-state index in [0.29, 0.717) is 36.1 Å². The van der Waals surface area contributed by atoms with Crippen LogP contribution in [0.1, 0.15) is 18.9 Å². The Hall–Kier alpha value is -2.35. The molecular weight excluding hydrogens is 315 g/mol. The summed E-state index contributed by atoms with van der Waals surface area (Å²) in [5.74, 6) is 0.280. The first kappa shape index (κ1) is 14.0. The molecule has 8 heteroatoms. The maximum absolute atomic E-state index is 14.6. The highest BCUT2D eigenvalue weighted by Gasteiger charge is 2.54. The van der Waals surface area contributed by atoms with Crippen molar-refractivity contribution < 1.29 is 9.60 Å². The maximum Gasteiger partial charge on any atom is 0.365 e. The van der Waals surface area contributed by atoms with Crippen LogP contribution in [0, 0.1) is 17.7 Å². The summed E-state index contributed by atoms with van der Waals surface area (Å²) in [7, 11) is 0. The summed E-state index contributed by atoms with van der Waals surface area (Å²) in [5.41, 5.74) is 5.06. The van der Waals surface area contributed by atoms with Crippen molar-refractivity contribution in [3.63, 3.8) is 0 Å². The number of fused-ring (bicyclic) bond motifs is 2. The highest BCUT2D eigenvalue weighted by molar-refractivity contribution is 5.83. The molecule has 7 nitrogen and oxygen atoms in total. The van der Waals surface area contributed by atoms with E-state index in [0.717, 1.165) is 18.9 Å². The first-order valence-corrected chi connectivity index (χ1v) is 8.18. The largest absolute Gasteiger partial charge is 0.421 e. The average molecular weight is 332 g/mol. The summed E-state index contributed by atoms with van der Waals surface area (Å²) < 4.78 is 16.1. The Morgan fingerprint density at radius 3 is 2.46 bits per heavy atom. The fourth-order valence-electron chi connectivity index (χ4n) is 4.02. The van der Waals surface area contributed by atoms with Gasteiger partial charge in [-0.2, -0.15) is 0 Å². The third-order valence-corrected chi connectivity index (χ3v) is 5.65. The van der Waals surface area contributed by atoms with E-state index in [4.69, 9.17) is 5.73 Å². The second kappa shape index (κ2) is 4.38. The number of nitrogens with two attached hydrogens (primary N) is 1. The minimum absolute atomic E-state index is 0.0197. The predicted molar refractivity (Wildman–Crippen MR) is 85.0 cm³/mol. The van der Waals surface area contributed by atoms with Gasteiger partial charge >= 0.3 is 5.69 Å². The first-order valence-electron chi connectivity index (χ1n) is 8.18. The van der Waals surface area contributed by atoms with Crippen molar-refractivity contribution in [3.8, 4) is 0 Å². The Kier molecular flexibility index (Phi) is 2.56. The van der Waals surface area contributed by atoms with E-state index in [1.54, 1.807) is 6.07 Å². The van der Waals surface area contributed by atoms with Gasteiger partial charge in [0.15, 0.2) is 0 Å². The smallest absolute Gasteiger partial charge is 0.365 e. The molecule has 2 aliphatic carbocycles. The Morgan fingerprint density at radius 2 is 1.83 bits per heavy atom. The van der Waals surface area contributed by atoms with E-state index in [9.17, 15) is 19.2 Å². The van der Waals surface area contributed by atoms with Crippen LogP contribution in [0.2, 0.25) is 0 Å². The van der Waals surface area contributed by atoms with Gasteiger partial charge in [-0.15, -0.1) is 0 Å². The summed E-state index contributed by atoms with van der Waals surface area (Å²) in [6.07, 6.45) is 1.62. The summed E-state index contributed by atoms with van der Waals surface area (Å²) in [4.78, 5) is 26.3. The molecule has 0 spiro atoms. The summed E-state index contributed by atoms with van der Waals surface area (Å²) in [6, 6.07) is 2.86. The van der Waals surface area contributed by atoms with E-state index in [-0.39, 0.29) is 22.2 Å².